The molecule has 0 spiro atoms. The van der Waals surface area contributed by atoms with E-state index < -0.39 is 11.9 Å². The number of esters is 1. The molecule has 0 fully saturated rings. The Kier molecular flexibility index (Phi) is 4.76. The molecule has 0 radical (unpaired) electrons. The number of nitrogens with two attached hydrogens (primary N) is 1. The first-order chi connectivity index (χ1) is 5.20. The standard InChI is InChI=1S/C6H9NO4/c1-2-5(8)10-4-3-6(9)11-7/h2H,1,3-4,7H2. The van der Waals surface area contributed by atoms with Crippen LogP contribution in [0.4, 0.5) is 0 Å². The van der Waals surface area contributed by atoms with Crippen molar-refractivity contribution in [2.24, 2.45) is 5.90 Å². The summed E-state index contributed by atoms with van der Waals surface area (Å²) in [5, 5.41) is 0. The Balaban J connectivity index is 3.34. The van der Waals surface area contributed by atoms with Crippen molar-refractivity contribution < 1.29 is 19.2 Å². The van der Waals surface area contributed by atoms with E-state index in [1.165, 1.54) is 0 Å². The summed E-state index contributed by atoms with van der Waals surface area (Å²) in [6, 6.07) is 0. The molecule has 5 heteroatoms. The predicted molar refractivity (Wildman–Crippen MR) is 36.1 cm³/mol. The molecule has 0 saturated heterocycles. The molecule has 0 atom stereocenters. The molecular weight excluding hydrogens is 150 g/mol. The number of carbonyl (C=O) groups excluding carboxylic acids is 2. The monoisotopic (exact) mass is 159 g/mol. The molecule has 0 aliphatic heterocycles. The lowest BCUT2D eigenvalue weighted by atomic mass is 10.5. The quantitative estimate of drug-likeness (QED) is 0.340. The van der Waals surface area contributed by atoms with Crippen LogP contribution in [0.5, 0.6) is 0 Å². The number of hydrogen-bond acceptors (Lipinski definition) is 5. The van der Waals surface area contributed by atoms with Gasteiger partial charge in [-0.15, -0.1) is 0 Å². The number of rotatable bonds is 4. The SMILES string of the molecule is C=CC(=O)OCCC(=O)ON. The van der Waals surface area contributed by atoms with Crippen LogP contribution in [0.15, 0.2) is 12.7 Å². The van der Waals surface area contributed by atoms with Gasteiger partial charge < -0.3 is 9.57 Å². The third-order valence-corrected chi connectivity index (χ3v) is 0.849. The van der Waals surface area contributed by atoms with E-state index in [4.69, 9.17) is 0 Å². The molecule has 0 heterocycles. The van der Waals surface area contributed by atoms with Gasteiger partial charge in [0, 0.05) is 6.08 Å². The summed E-state index contributed by atoms with van der Waals surface area (Å²) in [6.45, 7) is 3.12. The van der Waals surface area contributed by atoms with Gasteiger partial charge >= 0.3 is 11.9 Å². The number of ether oxygens (including phenoxy) is 1. The molecule has 2 N–H and O–H groups in total. The van der Waals surface area contributed by atoms with Crippen LogP contribution in [0, 0.1) is 0 Å². The highest BCUT2D eigenvalue weighted by Gasteiger charge is 2.01. The highest BCUT2D eigenvalue weighted by Crippen LogP contribution is 1.86. The molecule has 0 aromatic rings. The van der Waals surface area contributed by atoms with Crippen LogP contribution in [-0.2, 0) is 19.2 Å². The molecule has 0 bridgehead atoms. The van der Waals surface area contributed by atoms with Gasteiger partial charge in [0.05, 0.1) is 6.42 Å². The summed E-state index contributed by atoms with van der Waals surface area (Å²) < 4.78 is 4.45. The summed E-state index contributed by atoms with van der Waals surface area (Å²) in [4.78, 5) is 24.5. The van der Waals surface area contributed by atoms with Crippen molar-refractivity contribution >= 4 is 11.9 Å². The Morgan fingerprint density at radius 3 is 2.64 bits per heavy atom. The smallest absolute Gasteiger partial charge is 0.330 e. The Labute approximate surface area is 63.7 Å². The van der Waals surface area contributed by atoms with Crippen molar-refractivity contribution in [1.82, 2.24) is 0 Å². The first-order valence-electron chi connectivity index (χ1n) is 2.89. The number of hydrogen-bond donors (Lipinski definition) is 1. The Morgan fingerprint density at radius 1 is 1.55 bits per heavy atom. The average molecular weight is 159 g/mol. The molecule has 0 saturated carbocycles. The van der Waals surface area contributed by atoms with Gasteiger partial charge in [0.1, 0.15) is 6.61 Å². The Hall–Kier alpha value is -1.36. The van der Waals surface area contributed by atoms with Gasteiger partial charge in [-0.25, -0.2) is 4.79 Å². The zero-order chi connectivity index (χ0) is 8.69. The van der Waals surface area contributed by atoms with Crippen LogP contribution in [0.3, 0.4) is 0 Å². The second-order valence-electron chi connectivity index (χ2n) is 1.61. The van der Waals surface area contributed by atoms with E-state index in [-0.39, 0.29) is 13.0 Å². The maximum atomic E-state index is 10.4. The van der Waals surface area contributed by atoms with E-state index in [9.17, 15) is 9.59 Å². The van der Waals surface area contributed by atoms with Crippen molar-refractivity contribution in [3.8, 4) is 0 Å². The van der Waals surface area contributed by atoms with Gasteiger partial charge in [-0.2, -0.15) is 5.90 Å². The molecule has 11 heavy (non-hydrogen) atoms. The number of carbonyl (C=O) groups is 2. The molecule has 0 aromatic carbocycles. The highest BCUT2D eigenvalue weighted by molar-refractivity contribution is 5.81. The van der Waals surface area contributed by atoms with Gasteiger partial charge in [0.15, 0.2) is 0 Å². The average Bonchev–Trinajstić information content (AvgIpc) is 2.04. The van der Waals surface area contributed by atoms with Crippen LogP contribution in [0.1, 0.15) is 6.42 Å². The summed E-state index contributed by atoms with van der Waals surface area (Å²) in [5.74, 6) is 3.31. The summed E-state index contributed by atoms with van der Waals surface area (Å²) in [7, 11) is 0. The van der Waals surface area contributed by atoms with Crippen LogP contribution in [0.2, 0.25) is 0 Å². The van der Waals surface area contributed by atoms with Crippen molar-refractivity contribution in [2.45, 2.75) is 6.42 Å². The summed E-state index contributed by atoms with van der Waals surface area (Å²) in [6.07, 6.45) is 0.962. The second-order valence-corrected chi connectivity index (χ2v) is 1.61. The molecule has 5 nitrogen and oxygen atoms in total. The largest absolute Gasteiger partial charge is 0.462 e. The van der Waals surface area contributed by atoms with Crippen LogP contribution >= 0.6 is 0 Å². The first kappa shape index (κ1) is 9.64. The van der Waals surface area contributed by atoms with E-state index in [0.29, 0.717) is 0 Å². The maximum Gasteiger partial charge on any atom is 0.330 e. The zero-order valence-electron chi connectivity index (χ0n) is 5.91. The fourth-order valence-electron chi connectivity index (χ4n) is 0.353. The lowest BCUT2D eigenvalue weighted by Crippen LogP contribution is -2.13. The molecular formula is C6H9NO4. The lowest BCUT2D eigenvalue weighted by molar-refractivity contribution is -0.147. The topological polar surface area (TPSA) is 78.6 Å². The van der Waals surface area contributed by atoms with Crippen molar-refractivity contribution in [3.05, 3.63) is 12.7 Å². The minimum Gasteiger partial charge on any atom is -0.462 e. The second kappa shape index (κ2) is 5.43. The van der Waals surface area contributed by atoms with Crippen LogP contribution < -0.4 is 5.90 Å². The summed E-state index contributed by atoms with van der Waals surface area (Å²) >= 11 is 0. The first-order valence-corrected chi connectivity index (χ1v) is 2.89. The van der Waals surface area contributed by atoms with E-state index in [2.05, 4.69) is 22.1 Å². The molecule has 0 aliphatic rings. The fourth-order valence-corrected chi connectivity index (χ4v) is 0.353. The minimum atomic E-state index is -0.623. The van der Waals surface area contributed by atoms with Gasteiger partial charge in [0.2, 0.25) is 0 Å². The predicted octanol–water partition coefficient (Wildman–Crippen LogP) is -0.477. The lowest BCUT2D eigenvalue weighted by Gasteiger charge is -1.98. The van der Waals surface area contributed by atoms with Crippen LogP contribution in [-0.4, -0.2) is 18.5 Å². The van der Waals surface area contributed by atoms with E-state index in [1.807, 2.05) is 0 Å². The zero-order valence-corrected chi connectivity index (χ0v) is 5.91. The molecule has 0 amide bonds. The highest BCUT2D eigenvalue weighted by atomic mass is 16.7. The third-order valence-electron chi connectivity index (χ3n) is 0.849. The molecule has 62 valence electrons. The fraction of sp³-hybridized carbons (Fsp3) is 0.333. The molecule has 0 aliphatic carbocycles. The molecule has 0 unspecified atom stereocenters. The van der Waals surface area contributed by atoms with Crippen molar-refractivity contribution in [1.29, 1.82) is 0 Å². The van der Waals surface area contributed by atoms with E-state index >= 15 is 0 Å². The molecule has 0 aromatic heterocycles. The van der Waals surface area contributed by atoms with E-state index in [0.717, 1.165) is 6.08 Å². The van der Waals surface area contributed by atoms with Gasteiger partial charge in [0.25, 0.3) is 0 Å². The van der Waals surface area contributed by atoms with Crippen molar-refractivity contribution in [2.75, 3.05) is 6.61 Å². The normalized spacial score (nSPS) is 8.45. The van der Waals surface area contributed by atoms with Crippen LogP contribution in [0.25, 0.3) is 0 Å². The summed E-state index contributed by atoms with van der Waals surface area (Å²) in [5.41, 5.74) is 0. The van der Waals surface area contributed by atoms with E-state index in [1.54, 1.807) is 0 Å². The minimum absolute atomic E-state index is 0.0408. The molecule has 0 rings (SSSR count). The van der Waals surface area contributed by atoms with Gasteiger partial charge in [-0.05, 0) is 0 Å². The Bertz CT molecular complexity index is 166. The van der Waals surface area contributed by atoms with Gasteiger partial charge in [-0.1, -0.05) is 6.58 Å². The van der Waals surface area contributed by atoms with Crippen molar-refractivity contribution in [3.63, 3.8) is 0 Å². The maximum absolute atomic E-state index is 10.4. The third kappa shape index (κ3) is 5.10. The Morgan fingerprint density at radius 2 is 2.18 bits per heavy atom. The van der Waals surface area contributed by atoms with Gasteiger partial charge in [-0.3, -0.25) is 4.79 Å².